The molecule has 0 saturated heterocycles. The minimum atomic E-state index is -0.311. The molecule has 2 aliphatic rings. The summed E-state index contributed by atoms with van der Waals surface area (Å²) in [6, 6.07) is 12.4. The van der Waals surface area contributed by atoms with Crippen LogP contribution < -0.4 is 20.7 Å². The third-order valence-electron chi connectivity index (χ3n) is 7.93. The first-order valence-electron chi connectivity index (χ1n) is 14.1. The highest BCUT2D eigenvalue weighted by molar-refractivity contribution is 6.08. The molecule has 0 spiro atoms. The van der Waals surface area contributed by atoms with E-state index in [9.17, 15) is 9.59 Å². The second-order valence-electron chi connectivity index (χ2n) is 10.8. The predicted molar refractivity (Wildman–Crippen MR) is 154 cm³/mol. The van der Waals surface area contributed by atoms with Gasteiger partial charge in [-0.05, 0) is 81.1 Å². The molecule has 5 rings (SSSR count). The predicted octanol–water partition coefficient (Wildman–Crippen LogP) is 4.82. The van der Waals surface area contributed by atoms with Crippen molar-refractivity contribution >= 4 is 22.7 Å². The van der Waals surface area contributed by atoms with Gasteiger partial charge in [0.1, 0.15) is 5.75 Å². The van der Waals surface area contributed by atoms with E-state index in [1.165, 1.54) is 12.8 Å². The second-order valence-corrected chi connectivity index (χ2v) is 10.8. The molecule has 0 radical (unpaired) electrons. The first-order chi connectivity index (χ1) is 18.9. The first-order valence-corrected chi connectivity index (χ1v) is 14.1. The maximum Gasteiger partial charge on any atom is 0.252 e. The van der Waals surface area contributed by atoms with Crippen molar-refractivity contribution in [1.29, 1.82) is 0 Å². The van der Waals surface area contributed by atoms with E-state index in [0.29, 0.717) is 18.2 Å². The van der Waals surface area contributed by atoms with Crippen LogP contribution >= 0.6 is 0 Å². The van der Waals surface area contributed by atoms with Crippen molar-refractivity contribution in [2.45, 2.75) is 52.0 Å². The molecule has 1 aliphatic carbocycles. The van der Waals surface area contributed by atoms with E-state index in [1.54, 1.807) is 0 Å². The minimum absolute atomic E-state index is 0.0476. The van der Waals surface area contributed by atoms with Crippen LogP contribution in [0, 0.1) is 11.8 Å². The summed E-state index contributed by atoms with van der Waals surface area (Å²) in [5.74, 6) is 0.293. The minimum Gasteiger partial charge on any atom is -0.494 e. The van der Waals surface area contributed by atoms with Crippen molar-refractivity contribution < 1.29 is 14.3 Å². The fourth-order valence-electron chi connectivity index (χ4n) is 5.80. The van der Waals surface area contributed by atoms with Crippen LogP contribution in [0.15, 0.2) is 54.4 Å². The molecule has 0 bridgehead atoms. The number of nitrogens with one attached hydrogen (secondary N) is 3. The van der Waals surface area contributed by atoms with Gasteiger partial charge in [-0.2, -0.15) is 5.10 Å². The molecule has 2 heterocycles. The van der Waals surface area contributed by atoms with E-state index in [4.69, 9.17) is 9.84 Å². The second kappa shape index (κ2) is 12.0. The van der Waals surface area contributed by atoms with Crippen molar-refractivity contribution in [3.8, 4) is 16.9 Å². The lowest BCUT2D eigenvalue weighted by molar-refractivity contribution is -0.125. The van der Waals surface area contributed by atoms with Crippen molar-refractivity contribution in [3.63, 3.8) is 0 Å². The Kier molecular flexibility index (Phi) is 8.31. The van der Waals surface area contributed by atoms with Gasteiger partial charge in [-0.25, -0.2) is 0 Å². The van der Waals surface area contributed by atoms with Gasteiger partial charge in [0, 0.05) is 17.6 Å². The average molecular weight is 530 g/mol. The molecule has 1 fully saturated rings. The third kappa shape index (κ3) is 6.01. The van der Waals surface area contributed by atoms with E-state index in [2.05, 4.69) is 26.7 Å². The number of ether oxygens (including phenoxy) is 1. The van der Waals surface area contributed by atoms with Crippen LogP contribution in [-0.4, -0.2) is 48.3 Å². The quantitative estimate of drug-likeness (QED) is 0.327. The van der Waals surface area contributed by atoms with Crippen LogP contribution in [0.1, 0.15) is 62.4 Å². The standard InChI is InChI=1S/C31H39N5O3/c1-20-14-21(2)35-31(38)27(20)18-33-30(37)26-16-23(22-8-6-11-25(15-22)39-13-7-12-32-3)17-29-28(26)19-34-36(29)24-9-4-5-10-24/h6,8,11,14-17,19-20,24,27,32H,4-5,7,9-10,12-13,18H2,1-3H3,(H,33,37)(H,35,38). The van der Waals surface area contributed by atoms with Crippen LogP contribution in [0.2, 0.25) is 0 Å². The van der Waals surface area contributed by atoms with E-state index in [-0.39, 0.29) is 30.2 Å². The summed E-state index contributed by atoms with van der Waals surface area (Å²) in [6.45, 7) is 5.70. The lowest BCUT2D eigenvalue weighted by Crippen LogP contribution is -2.43. The molecule has 1 saturated carbocycles. The molecule has 1 aliphatic heterocycles. The molecule has 2 amide bonds. The summed E-state index contributed by atoms with van der Waals surface area (Å²) in [6.07, 6.45) is 9.36. The smallest absolute Gasteiger partial charge is 0.252 e. The fourth-order valence-corrected chi connectivity index (χ4v) is 5.80. The number of carbonyl (C=O) groups is 2. The number of carbonyl (C=O) groups excluding carboxylic acids is 2. The molecule has 3 aromatic rings. The van der Waals surface area contributed by atoms with Crippen molar-refractivity contribution in [1.82, 2.24) is 25.7 Å². The number of amides is 2. The van der Waals surface area contributed by atoms with Gasteiger partial charge in [0.05, 0.1) is 35.8 Å². The number of aromatic nitrogens is 2. The lowest BCUT2D eigenvalue weighted by Gasteiger charge is -2.26. The van der Waals surface area contributed by atoms with E-state index in [1.807, 2.05) is 63.5 Å². The Balaban J connectivity index is 1.46. The van der Waals surface area contributed by atoms with Crippen molar-refractivity contribution in [3.05, 3.63) is 59.9 Å². The molecule has 2 unspecified atom stereocenters. The van der Waals surface area contributed by atoms with E-state index >= 15 is 0 Å². The highest BCUT2D eigenvalue weighted by Gasteiger charge is 2.29. The molecule has 1 aromatic heterocycles. The summed E-state index contributed by atoms with van der Waals surface area (Å²) in [7, 11) is 1.93. The lowest BCUT2D eigenvalue weighted by atomic mass is 9.89. The molecule has 2 aromatic carbocycles. The number of hydrogen-bond acceptors (Lipinski definition) is 5. The van der Waals surface area contributed by atoms with Gasteiger partial charge in [-0.3, -0.25) is 14.3 Å². The van der Waals surface area contributed by atoms with Gasteiger partial charge in [0.2, 0.25) is 5.91 Å². The van der Waals surface area contributed by atoms with Gasteiger partial charge >= 0.3 is 0 Å². The molecule has 39 heavy (non-hydrogen) atoms. The highest BCUT2D eigenvalue weighted by Crippen LogP contribution is 2.35. The van der Waals surface area contributed by atoms with E-state index in [0.717, 1.165) is 59.3 Å². The Morgan fingerprint density at radius 2 is 2.00 bits per heavy atom. The SMILES string of the molecule is CNCCCOc1cccc(-c2cc(C(=O)NCC3C(=O)NC(C)=CC3C)c3cnn(C4CCCC4)c3c2)c1. The van der Waals surface area contributed by atoms with Crippen LogP contribution in [0.4, 0.5) is 0 Å². The number of rotatable bonds is 10. The topological polar surface area (TPSA) is 97.3 Å². The van der Waals surface area contributed by atoms with Gasteiger partial charge in [0.25, 0.3) is 5.91 Å². The van der Waals surface area contributed by atoms with Gasteiger partial charge in [0.15, 0.2) is 0 Å². The third-order valence-corrected chi connectivity index (χ3v) is 7.93. The normalized spacial score (nSPS) is 19.7. The van der Waals surface area contributed by atoms with Crippen molar-refractivity contribution in [2.75, 3.05) is 26.7 Å². The van der Waals surface area contributed by atoms with Crippen LogP contribution in [-0.2, 0) is 4.79 Å². The Bertz CT molecular complexity index is 1370. The average Bonchev–Trinajstić information content (AvgIpc) is 3.60. The number of fused-ring (bicyclic) bond motifs is 1. The zero-order valence-electron chi connectivity index (χ0n) is 23.1. The molecular weight excluding hydrogens is 490 g/mol. The summed E-state index contributed by atoms with van der Waals surface area (Å²) in [4.78, 5) is 26.2. The maximum atomic E-state index is 13.6. The Hall–Kier alpha value is -3.65. The maximum absolute atomic E-state index is 13.6. The summed E-state index contributed by atoms with van der Waals surface area (Å²) >= 11 is 0. The van der Waals surface area contributed by atoms with Crippen LogP contribution in [0.25, 0.3) is 22.0 Å². The largest absolute Gasteiger partial charge is 0.494 e. The summed E-state index contributed by atoms with van der Waals surface area (Å²) < 4.78 is 8.08. The molecule has 206 valence electrons. The van der Waals surface area contributed by atoms with E-state index < -0.39 is 0 Å². The number of hydrogen-bond donors (Lipinski definition) is 3. The Labute approximate surface area is 230 Å². The number of nitrogens with zero attached hydrogens (tertiary/aromatic N) is 2. The molecule has 2 atom stereocenters. The zero-order chi connectivity index (χ0) is 27.4. The van der Waals surface area contributed by atoms with Crippen molar-refractivity contribution in [2.24, 2.45) is 11.8 Å². The fraction of sp³-hybridized carbons (Fsp3) is 0.452. The van der Waals surface area contributed by atoms with Crippen LogP contribution in [0.5, 0.6) is 5.75 Å². The highest BCUT2D eigenvalue weighted by atomic mass is 16.5. The first kappa shape index (κ1) is 26.9. The monoisotopic (exact) mass is 529 g/mol. The summed E-state index contributed by atoms with van der Waals surface area (Å²) in [5.41, 5.74) is 4.32. The Morgan fingerprint density at radius 3 is 2.77 bits per heavy atom. The van der Waals surface area contributed by atoms with Gasteiger partial charge < -0.3 is 20.7 Å². The zero-order valence-corrected chi connectivity index (χ0v) is 23.1. The molecule has 8 heteroatoms. The van der Waals surface area contributed by atoms with Gasteiger partial charge in [-0.1, -0.05) is 38.0 Å². The Morgan fingerprint density at radius 1 is 1.18 bits per heavy atom. The molecule has 8 nitrogen and oxygen atoms in total. The number of allylic oxidation sites excluding steroid dienone is 2. The molecule has 3 N–H and O–H groups in total. The number of benzene rings is 2. The molecular formula is C31H39N5O3. The van der Waals surface area contributed by atoms with Gasteiger partial charge in [-0.15, -0.1) is 0 Å². The summed E-state index contributed by atoms with van der Waals surface area (Å²) in [5, 5.41) is 14.7. The van der Waals surface area contributed by atoms with Crippen LogP contribution in [0.3, 0.4) is 0 Å².